The quantitative estimate of drug-likeness (QED) is 0.543. The molecule has 1 saturated heterocycles. The molecule has 0 bridgehead atoms. The third-order valence-electron chi connectivity index (χ3n) is 4.74. The van der Waals surface area contributed by atoms with Gasteiger partial charge in [-0.1, -0.05) is 60.7 Å². The monoisotopic (exact) mass is 340 g/mol. The van der Waals surface area contributed by atoms with Gasteiger partial charge in [-0.2, -0.15) is 11.8 Å². The van der Waals surface area contributed by atoms with E-state index in [1.54, 1.807) is 0 Å². The van der Waals surface area contributed by atoms with Crippen molar-refractivity contribution in [1.82, 2.24) is 0 Å². The summed E-state index contributed by atoms with van der Waals surface area (Å²) in [5.74, 6) is 2.27. The van der Waals surface area contributed by atoms with Crippen molar-refractivity contribution in [2.24, 2.45) is 0 Å². The van der Waals surface area contributed by atoms with Gasteiger partial charge in [0.05, 0.1) is 13.0 Å². The van der Waals surface area contributed by atoms with Crippen molar-refractivity contribution in [2.75, 3.05) is 18.1 Å². The van der Waals surface area contributed by atoms with Crippen molar-refractivity contribution in [2.45, 2.75) is 31.1 Å². The number of hydrogen-bond acceptors (Lipinski definition) is 3. The van der Waals surface area contributed by atoms with Crippen LogP contribution in [-0.2, 0) is 21.4 Å². The second kappa shape index (κ2) is 8.39. The van der Waals surface area contributed by atoms with Crippen LogP contribution in [0.1, 0.15) is 30.4 Å². The highest BCUT2D eigenvalue weighted by Crippen LogP contribution is 2.42. The molecule has 3 rings (SSSR count). The summed E-state index contributed by atoms with van der Waals surface area (Å²) in [4.78, 5) is 11.9. The van der Waals surface area contributed by atoms with E-state index in [0.29, 0.717) is 13.0 Å². The van der Waals surface area contributed by atoms with E-state index >= 15 is 0 Å². The third kappa shape index (κ3) is 4.41. The summed E-state index contributed by atoms with van der Waals surface area (Å²) < 4.78 is 5.44. The number of ether oxygens (including phenoxy) is 1. The maximum Gasteiger partial charge on any atom is 0.310 e. The van der Waals surface area contributed by atoms with E-state index in [9.17, 15) is 4.79 Å². The average molecular weight is 340 g/mol. The molecule has 1 unspecified atom stereocenters. The largest absolute Gasteiger partial charge is 0.465 e. The molecule has 1 aliphatic heterocycles. The molecule has 0 aliphatic carbocycles. The van der Waals surface area contributed by atoms with Gasteiger partial charge in [0.15, 0.2) is 0 Å². The lowest BCUT2D eigenvalue weighted by molar-refractivity contribution is -0.143. The lowest BCUT2D eigenvalue weighted by Gasteiger charge is -2.29. The van der Waals surface area contributed by atoms with Crippen LogP contribution in [0.5, 0.6) is 0 Å². The Balaban J connectivity index is 1.47. The van der Waals surface area contributed by atoms with Crippen LogP contribution in [0, 0.1) is 0 Å². The SMILES string of the molecule is O=C(Cc1ccccc1)OCCCC1(c2ccccc2)CCSC1. The van der Waals surface area contributed by atoms with Crippen LogP contribution in [0.2, 0.25) is 0 Å². The number of rotatable bonds is 7. The van der Waals surface area contributed by atoms with Gasteiger partial charge in [0.1, 0.15) is 0 Å². The molecule has 0 aromatic heterocycles. The van der Waals surface area contributed by atoms with Crippen LogP contribution < -0.4 is 0 Å². The van der Waals surface area contributed by atoms with Crippen LogP contribution >= 0.6 is 11.8 Å². The van der Waals surface area contributed by atoms with Gasteiger partial charge in [0, 0.05) is 11.2 Å². The number of benzene rings is 2. The summed E-state index contributed by atoms with van der Waals surface area (Å²) in [5, 5.41) is 0. The van der Waals surface area contributed by atoms with Crippen LogP contribution in [0.4, 0.5) is 0 Å². The third-order valence-corrected chi connectivity index (χ3v) is 5.99. The van der Waals surface area contributed by atoms with E-state index < -0.39 is 0 Å². The van der Waals surface area contributed by atoms with Gasteiger partial charge < -0.3 is 4.74 Å². The molecule has 126 valence electrons. The Morgan fingerprint density at radius 1 is 1.04 bits per heavy atom. The molecule has 2 nitrogen and oxygen atoms in total. The van der Waals surface area contributed by atoms with Crippen molar-refractivity contribution in [3.05, 3.63) is 71.8 Å². The zero-order chi connectivity index (χ0) is 16.7. The van der Waals surface area contributed by atoms with E-state index in [2.05, 4.69) is 30.3 Å². The molecule has 0 spiro atoms. The maximum absolute atomic E-state index is 11.9. The highest BCUT2D eigenvalue weighted by Gasteiger charge is 2.35. The predicted molar refractivity (Wildman–Crippen MR) is 100 cm³/mol. The van der Waals surface area contributed by atoms with Gasteiger partial charge in [-0.05, 0) is 36.1 Å². The second-order valence-corrected chi connectivity index (χ2v) is 7.54. The summed E-state index contributed by atoms with van der Waals surface area (Å²) in [7, 11) is 0. The number of carbonyl (C=O) groups is 1. The van der Waals surface area contributed by atoms with E-state index in [4.69, 9.17) is 4.74 Å². The first-order valence-electron chi connectivity index (χ1n) is 8.61. The van der Waals surface area contributed by atoms with Gasteiger partial charge in [-0.25, -0.2) is 0 Å². The standard InChI is InChI=1S/C21H24O2S/c22-20(16-18-8-3-1-4-9-18)23-14-7-12-21(13-15-24-17-21)19-10-5-2-6-11-19/h1-6,8-11H,7,12-17H2. The lowest BCUT2D eigenvalue weighted by atomic mass is 9.76. The highest BCUT2D eigenvalue weighted by atomic mass is 32.2. The molecule has 1 fully saturated rings. The zero-order valence-corrected chi connectivity index (χ0v) is 14.8. The minimum absolute atomic E-state index is 0.129. The Morgan fingerprint density at radius 2 is 1.75 bits per heavy atom. The van der Waals surface area contributed by atoms with Gasteiger partial charge in [0.2, 0.25) is 0 Å². The normalized spacial score (nSPS) is 20.0. The predicted octanol–water partition coefficient (Wildman–Crippen LogP) is 4.63. The number of carbonyl (C=O) groups excluding carboxylic acids is 1. The van der Waals surface area contributed by atoms with Crippen LogP contribution in [-0.4, -0.2) is 24.1 Å². The molecule has 0 N–H and O–H groups in total. The number of esters is 1. The molecule has 2 aromatic rings. The first-order chi connectivity index (χ1) is 11.8. The fourth-order valence-corrected chi connectivity index (χ4v) is 4.90. The summed E-state index contributed by atoms with van der Waals surface area (Å²) in [6.45, 7) is 0.519. The van der Waals surface area contributed by atoms with Crippen molar-refractivity contribution in [3.8, 4) is 0 Å². The van der Waals surface area contributed by atoms with Crippen molar-refractivity contribution in [3.63, 3.8) is 0 Å². The second-order valence-electron chi connectivity index (χ2n) is 6.44. The van der Waals surface area contributed by atoms with Crippen molar-refractivity contribution >= 4 is 17.7 Å². The van der Waals surface area contributed by atoms with E-state index in [0.717, 1.165) is 18.4 Å². The highest BCUT2D eigenvalue weighted by molar-refractivity contribution is 7.99. The van der Waals surface area contributed by atoms with E-state index in [1.807, 2.05) is 42.1 Å². The molecule has 1 heterocycles. The average Bonchev–Trinajstić information content (AvgIpc) is 3.11. The molecular formula is C21H24O2S. The number of thioether (sulfide) groups is 1. The molecule has 1 aliphatic rings. The Kier molecular flexibility index (Phi) is 5.97. The van der Waals surface area contributed by atoms with Crippen LogP contribution in [0.15, 0.2) is 60.7 Å². The fourth-order valence-electron chi connectivity index (χ4n) is 3.38. The molecule has 0 saturated carbocycles. The molecular weight excluding hydrogens is 316 g/mol. The Hall–Kier alpha value is -1.74. The molecule has 3 heteroatoms. The fraction of sp³-hybridized carbons (Fsp3) is 0.381. The first-order valence-corrected chi connectivity index (χ1v) is 9.77. The molecule has 1 atom stereocenters. The van der Waals surface area contributed by atoms with Gasteiger partial charge >= 0.3 is 5.97 Å². The minimum Gasteiger partial charge on any atom is -0.465 e. The summed E-state index contributed by atoms with van der Waals surface area (Å²) in [6, 6.07) is 20.6. The Morgan fingerprint density at radius 3 is 2.42 bits per heavy atom. The molecule has 0 amide bonds. The first kappa shape index (κ1) is 17.1. The smallest absolute Gasteiger partial charge is 0.310 e. The molecule has 0 radical (unpaired) electrons. The van der Waals surface area contributed by atoms with E-state index in [1.165, 1.54) is 23.5 Å². The molecule has 24 heavy (non-hydrogen) atoms. The summed E-state index contributed by atoms with van der Waals surface area (Å²) in [6.07, 6.45) is 3.60. The minimum atomic E-state index is -0.129. The van der Waals surface area contributed by atoms with Gasteiger partial charge in [-0.3, -0.25) is 4.79 Å². The molecule has 2 aromatic carbocycles. The maximum atomic E-state index is 11.9. The van der Waals surface area contributed by atoms with E-state index in [-0.39, 0.29) is 11.4 Å². The van der Waals surface area contributed by atoms with Crippen molar-refractivity contribution < 1.29 is 9.53 Å². The Bertz CT molecular complexity index is 633. The summed E-state index contributed by atoms with van der Waals surface area (Å²) in [5.41, 5.74) is 2.71. The van der Waals surface area contributed by atoms with Crippen LogP contribution in [0.25, 0.3) is 0 Å². The zero-order valence-electron chi connectivity index (χ0n) is 13.9. The topological polar surface area (TPSA) is 26.3 Å². The Labute approximate surface area is 148 Å². The van der Waals surface area contributed by atoms with Crippen LogP contribution in [0.3, 0.4) is 0 Å². The van der Waals surface area contributed by atoms with Crippen molar-refractivity contribution in [1.29, 1.82) is 0 Å². The summed E-state index contributed by atoms with van der Waals surface area (Å²) >= 11 is 2.03. The lowest BCUT2D eigenvalue weighted by Crippen LogP contribution is -2.26. The number of hydrogen-bond donors (Lipinski definition) is 0. The van der Waals surface area contributed by atoms with Gasteiger partial charge in [-0.15, -0.1) is 0 Å². The van der Waals surface area contributed by atoms with Gasteiger partial charge in [0.25, 0.3) is 0 Å².